The van der Waals surface area contributed by atoms with E-state index >= 15 is 0 Å². The number of hydrogen-bond acceptors (Lipinski definition) is 4. The van der Waals surface area contributed by atoms with Crippen LogP contribution in [0.15, 0.2) is 22.0 Å². The average molecular weight is 396 g/mol. The molecule has 0 saturated heterocycles. The van der Waals surface area contributed by atoms with Gasteiger partial charge in [0, 0.05) is 11.3 Å². The highest BCUT2D eigenvalue weighted by atomic mass is 79.9. The number of aromatic carboxylic acids is 1. The molecule has 10 heteroatoms. The van der Waals surface area contributed by atoms with Gasteiger partial charge in [-0.3, -0.25) is 0 Å². The minimum absolute atomic E-state index is 0.0236. The number of hydrogen-bond donors (Lipinski definition) is 2. The van der Waals surface area contributed by atoms with E-state index in [0.29, 0.717) is 4.68 Å². The van der Waals surface area contributed by atoms with Crippen LogP contribution < -0.4 is 5.32 Å². The van der Waals surface area contributed by atoms with Gasteiger partial charge in [-0.15, -0.1) is 11.3 Å². The van der Waals surface area contributed by atoms with Crippen LogP contribution in [-0.2, 0) is 0 Å². The third-order valence-electron chi connectivity index (χ3n) is 3.38. The standard InChI is InChI=1S/C12H9BrF3N3O2S/c13-8-9(11(20)21)18-19-7(12(14,15)16)4-5(17-10(8)19)6-2-1-3-22-6/h1-3,5,7,17H,4H2,(H,20,21)/t5-,7+/m0/s1. The van der Waals surface area contributed by atoms with E-state index in [-0.39, 0.29) is 16.7 Å². The van der Waals surface area contributed by atoms with Crippen molar-refractivity contribution in [3.63, 3.8) is 0 Å². The van der Waals surface area contributed by atoms with E-state index in [1.165, 1.54) is 11.3 Å². The molecule has 0 saturated carbocycles. The van der Waals surface area contributed by atoms with E-state index in [9.17, 15) is 18.0 Å². The van der Waals surface area contributed by atoms with E-state index in [0.717, 1.165) is 4.88 Å². The zero-order valence-electron chi connectivity index (χ0n) is 10.8. The molecule has 0 radical (unpaired) electrons. The number of halogens is 4. The summed E-state index contributed by atoms with van der Waals surface area (Å²) in [5, 5.41) is 17.4. The van der Waals surface area contributed by atoms with Crippen LogP contribution in [0.4, 0.5) is 19.0 Å². The van der Waals surface area contributed by atoms with Crippen molar-refractivity contribution in [2.75, 3.05) is 5.32 Å². The predicted octanol–water partition coefficient (Wildman–Crippen LogP) is 4.07. The molecular formula is C12H9BrF3N3O2S. The summed E-state index contributed by atoms with van der Waals surface area (Å²) in [6, 6.07) is 1.08. The molecule has 118 valence electrons. The molecule has 0 fully saturated rings. The minimum Gasteiger partial charge on any atom is -0.476 e. The molecule has 2 atom stereocenters. The van der Waals surface area contributed by atoms with Gasteiger partial charge >= 0.3 is 12.1 Å². The molecule has 0 bridgehead atoms. The van der Waals surface area contributed by atoms with Crippen LogP contribution in [0.5, 0.6) is 0 Å². The molecule has 22 heavy (non-hydrogen) atoms. The Bertz CT molecular complexity index is 714. The molecule has 0 spiro atoms. The Hall–Kier alpha value is -1.55. The SMILES string of the molecule is O=C(O)c1nn2c(c1Br)N[C@H](c1cccs1)C[C@@H]2C(F)(F)F. The highest BCUT2D eigenvalue weighted by Gasteiger charge is 2.47. The van der Waals surface area contributed by atoms with Gasteiger partial charge in [0.2, 0.25) is 0 Å². The lowest BCUT2D eigenvalue weighted by Crippen LogP contribution is -2.35. The Morgan fingerprint density at radius 1 is 1.55 bits per heavy atom. The molecule has 0 unspecified atom stereocenters. The largest absolute Gasteiger partial charge is 0.476 e. The molecule has 3 heterocycles. The number of thiophene rings is 1. The first kappa shape index (κ1) is 15.3. The summed E-state index contributed by atoms with van der Waals surface area (Å²) in [4.78, 5) is 11.8. The smallest absolute Gasteiger partial charge is 0.410 e. The number of carboxylic acids is 1. The van der Waals surface area contributed by atoms with Crippen molar-refractivity contribution in [2.45, 2.75) is 24.7 Å². The second kappa shape index (κ2) is 5.27. The number of nitrogens with one attached hydrogen (secondary N) is 1. The number of fused-ring (bicyclic) bond motifs is 1. The van der Waals surface area contributed by atoms with Gasteiger partial charge in [-0.1, -0.05) is 6.07 Å². The maximum Gasteiger partial charge on any atom is 0.410 e. The van der Waals surface area contributed by atoms with Gasteiger partial charge in [0.05, 0.1) is 10.5 Å². The highest BCUT2D eigenvalue weighted by Crippen LogP contribution is 2.46. The lowest BCUT2D eigenvalue weighted by Gasteiger charge is -2.33. The van der Waals surface area contributed by atoms with Gasteiger partial charge in [0.25, 0.3) is 0 Å². The molecule has 2 N–H and O–H groups in total. The molecule has 0 amide bonds. The zero-order valence-corrected chi connectivity index (χ0v) is 13.2. The first-order valence-corrected chi connectivity index (χ1v) is 7.84. The predicted molar refractivity (Wildman–Crippen MR) is 77.3 cm³/mol. The van der Waals surface area contributed by atoms with Crippen LogP contribution >= 0.6 is 27.3 Å². The Kier molecular flexibility index (Phi) is 3.68. The molecule has 5 nitrogen and oxygen atoms in total. The monoisotopic (exact) mass is 395 g/mol. The normalized spacial score (nSPS) is 21.3. The Morgan fingerprint density at radius 3 is 2.82 bits per heavy atom. The summed E-state index contributed by atoms with van der Waals surface area (Å²) in [6.45, 7) is 0. The molecule has 2 aromatic rings. The second-order valence-electron chi connectivity index (χ2n) is 4.77. The van der Waals surface area contributed by atoms with E-state index in [1.807, 2.05) is 0 Å². The van der Waals surface area contributed by atoms with Crippen molar-refractivity contribution in [2.24, 2.45) is 0 Å². The quantitative estimate of drug-likeness (QED) is 0.804. The zero-order chi connectivity index (χ0) is 16.1. The number of carbonyl (C=O) groups is 1. The van der Waals surface area contributed by atoms with Crippen molar-refractivity contribution < 1.29 is 23.1 Å². The molecule has 0 aliphatic carbocycles. The Morgan fingerprint density at radius 2 is 2.27 bits per heavy atom. The average Bonchev–Trinajstić information content (AvgIpc) is 3.05. The van der Waals surface area contributed by atoms with Gasteiger partial charge in [0.15, 0.2) is 11.7 Å². The summed E-state index contributed by atoms with van der Waals surface area (Å²) >= 11 is 4.38. The number of alkyl halides is 3. The number of carboxylic acid groups (broad SMARTS) is 1. The molecular weight excluding hydrogens is 387 g/mol. The molecule has 3 rings (SSSR count). The van der Waals surface area contributed by atoms with Gasteiger partial charge in [0.1, 0.15) is 5.82 Å². The Labute approximate surface area is 134 Å². The Balaban J connectivity index is 2.10. The minimum atomic E-state index is -4.52. The maximum absolute atomic E-state index is 13.3. The third-order valence-corrected chi connectivity index (χ3v) is 5.12. The maximum atomic E-state index is 13.3. The first-order valence-electron chi connectivity index (χ1n) is 6.17. The lowest BCUT2D eigenvalue weighted by atomic mass is 10.0. The van der Waals surface area contributed by atoms with Crippen LogP contribution in [0, 0.1) is 0 Å². The summed E-state index contributed by atoms with van der Waals surface area (Å²) in [5.74, 6) is -1.35. The third kappa shape index (κ3) is 2.50. The van der Waals surface area contributed by atoms with E-state index in [2.05, 4.69) is 26.3 Å². The van der Waals surface area contributed by atoms with Gasteiger partial charge in [-0.2, -0.15) is 18.3 Å². The number of aromatic nitrogens is 2. The van der Waals surface area contributed by atoms with Gasteiger partial charge < -0.3 is 10.4 Å². The number of nitrogens with zero attached hydrogens (tertiary/aromatic N) is 2. The van der Waals surface area contributed by atoms with Crippen LogP contribution in [-0.4, -0.2) is 27.0 Å². The second-order valence-corrected chi connectivity index (χ2v) is 6.54. The summed E-state index contributed by atoms with van der Waals surface area (Å²) in [6.07, 6.45) is -4.77. The topological polar surface area (TPSA) is 67.1 Å². The van der Waals surface area contributed by atoms with Crippen molar-refractivity contribution in [3.8, 4) is 0 Å². The fourth-order valence-electron chi connectivity index (χ4n) is 2.40. The van der Waals surface area contributed by atoms with Crippen molar-refractivity contribution in [1.29, 1.82) is 0 Å². The fraction of sp³-hybridized carbons (Fsp3) is 0.333. The van der Waals surface area contributed by atoms with Crippen LogP contribution in [0.1, 0.15) is 33.9 Å². The van der Waals surface area contributed by atoms with E-state index in [4.69, 9.17) is 5.11 Å². The van der Waals surface area contributed by atoms with Gasteiger partial charge in [-0.05, 0) is 27.4 Å². The number of rotatable bonds is 2. The molecule has 2 aromatic heterocycles. The summed E-state index contributed by atoms with van der Waals surface area (Å²) in [5.41, 5.74) is -0.441. The first-order chi connectivity index (χ1) is 10.3. The molecule has 0 aromatic carbocycles. The van der Waals surface area contributed by atoms with Crippen molar-refractivity contribution >= 4 is 39.1 Å². The van der Waals surface area contributed by atoms with Crippen molar-refractivity contribution in [3.05, 3.63) is 32.6 Å². The van der Waals surface area contributed by atoms with E-state index in [1.54, 1.807) is 17.5 Å². The lowest BCUT2D eigenvalue weighted by molar-refractivity contribution is -0.173. The molecule has 1 aliphatic rings. The highest BCUT2D eigenvalue weighted by molar-refractivity contribution is 9.10. The van der Waals surface area contributed by atoms with Crippen LogP contribution in [0.3, 0.4) is 0 Å². The fourth-order valence-corrected chi connectivity index (χ4v) is 3.74. The van der Waals surface area contributed by atoms with Crippen LogP contribution in [0.25, 0.3) is 0 Å². The van der Waals surface area contributed by atoms with E-state index < -0.39 is 29.9 Å². The summed E-state index contributed by atoms with van der Waals surface area (Å²) < 4.78 is 40.7. The van der Waals surface area contributed by atoms with Crippen LogP contribution in [0.2, 0.25) is 0 Å². The summed E-state index contributed by atoms with van der Waals surface area (Å²) in [7, 11) is 0. The number of anilines is 1. The van der Waals surface area contributed by atoms with Gasteiger partial charge in [-0.25, -0.2) is 9.48 Å². The molecule has 1 aliphatic heterocycles. The van der Waals surface area contributed by atoms with Crippen molar-refractivity contribution in [1.82, 2.24) is 9.78 Å².